The summed E-state index contributed by atoms with van der Waals surface area (Å²) in [6.07, 6.45) is -3.95. The third kappa shape index (κ3) is 3.34. The summed E-state index contributed by atoms with van der Waals surface area (Å²) in [5, 5.41) is 3.54. The highest BCUT2D eigenvalue weighted by Crippen LogP contribution is 2.13. The van der Waals surface area contributed by atoms with E-state index in [9.17, 15) is 13.6 Å². The molecule has 0 N–H and O–H groups in total. The number of rotatable bonds is 6. The van der Waals surface area contributed by atoms with Gasteiger partial charge in [0, 0.05) is 6.61 Å². The second-order valence-electron chi connectivity index (χ2n) is 3.09. The minimum Gasteiger partial charge on any atom is -0.371 e. The molecule has 0 bridgehead atoms. The number of carbonyl (C=O) groups excluding carboxylic acids is 1. The van der Waals surface area contributed by atoms with Crippen molar-refractivity contribution < 1.29 is 22.8 Å². The van der Waals surface area contributed by atoms with Crippen molar-refractivity contribution in [2.45, 2.75) is 32.8 Å². The van der Waals surface area contributed by atoms with E-state index in [4.69, 9.17) is 4.74 Å². The molecule has 5 nitrogen and oxygen atoms in total. The maximum Gasteiger partial charge on any atom is 0.296 e. The number of halogens is 2. The minimum atomic E-state index is -3.01. The predicted octanol–water partition coefficient (Wildman–Crippen LogP) is 1.54. The molecule has 0 saturated carbocycles. The quantitative estimate of drug-likeness (QED) is 0.747. The van der Waals surface area contributed by atoms with Gasteiger partial charge in [-0.1, -0.05) is 5.16 Å². The van der Waals surface area contributed by atoms with Gasteiger partial charge in [0.05, 0.1) is 6.42 Å². The van der Waals surface area contributed by atoms with Crippen LogP contribution in [0, 0.1) is 0 Å². The average molecular weight is 234 g/mol. The summed E-state index contributed by atoms with van der Waals surface area (Å²) in [5.74, 6) is -1.11. The molecule has 90 valence electrons. The van der Waals surface area contributed by atoms with Gasteiger partial charge in [0.15, 0.2) is 5.82 Å². The first-order valence-corrected chi connectivity index (χ1v) is 4.79. The van der Waals surface area contributed by atoms with Crippen LogP contribution >= 0.6 is 0 Å². The van der Waals surface area contributed by atoms with E-state index in [1.54, 1.807) is 13.8 Å². The molecule has 0 saturated heterocycles. The zero-order chi connectivity index (χ0) is 12.1. The van der Waals surface area contributed by atoms with Crippen LogP contribution in [0.25, 0.3) is 0 Å². The smallest absolute Gasteiger partial charge is 0.296 e. The minimum absolute atomic E-state index is 0.119. The van der Waals surface area contributed by atoms with E-state index in [1.807, 2.05) is 0 Å². The molecule has 0 aliphatic rings. The van der Waals surface area contributed by atoms with Crippen LogP contribution in [0.3, 0.4) is 0 Å². The van der Waals surface area contributed by atoms with E-state index in [2.05, 4.69) is 14.7 Å². The van der Waals surface area contributed by atoms with Crippen molar-refractivity contribution in [2.75, 3.05) is 6.61 Å². The van der Waals surface area contributed by atoms with Crippen LogP contribution in [0.4, 0.5) is 8.78 Å². The summed E-state index contributed by atoms with van der Waals surface area (Å²) in [5.41, 5.74) is 0. The van der Waals surface area contributed by atoms with Gasteiger partial charge in [-0.3, -0.25) is 4.79 Å². The molecule has 1 unspecified atom stereocenters. The maximum atomic E-state index is 11.9. The molecule has 7 heteroatoms. The second-order valence-corrected chi connectivity index (χ2v) is 3.09. The van der Waals surface area contributed by atoms with Crippen LogP contribution in [0.15, 0.2) is 4.52 Å². The molecule has 1 aromatic rings. The zero-order valence-corrected chi connectivity index (χ0v) is 8.94. The standard InChI is InChI=1S/C9H12F2N2O3/c1-3-15-5(2)9-12-7(16-13-9)4-6(14)8(10)11/h5,8H,3-4H2,1-2H3. The fourth-order valence-electron chi connectivity index (χ4n) is 1.06. The Bertz CT molecular complexity index is 354. The monoisotopic (exact) mass is 234 g/mol. The third-order valence-electron chi connectivity index (χ3n) is 1.83. The SMILES string of the molecule is CCOC(C)c1noc(CC(=O)C(F)F)n1. The molecule has 0 amide bonds. The van der Waals surface area contributed by atoms with Gasteiger partial charge in [-0.05, 0) is 13.8 Å². The van der Waals surface area contributed by atoms with E-state index in [-0.39, 0.29) is 17.8 Å². The Morgan fingerprint density at radius 2 is 2.25 bits per heavy atom. The van der Waals surface area contributed by atoms with Gasteiger partial charge in [0.2, 0.25) is 11.7 Å². The molecule has 0 aromatic carbocycles. The number of Topliss-reactive ketones (excluding diaryl/α,β-unsaturated/α-hetero) is 1. The van der Waals surface area contributed by atoms with Crippen LogP contribution in [0.5, 0.6) is 0 Å². The molecule has 1 rings (SSSR count). The Morgan fingerprint density at radius 1 is 1.56 bits per heavy atom. The molecule has 16 heavy (non-hydrogen) atoms. The molecular formula is C9H12F2N2O3. The van der Waals surface area contributed by atoms with Crippen molar-refractivity contribution >= 4 is 5.78 Å². The van der Waals surface area contributed by atoms with E-state index in [1.165, 1.54) is 0 Å². The zero-order valence-electron chi connectivity index (χ0n) is 8.94. The lowest BCUT2D eigenvalue weighted by Crippen LogP contribution is -2.13. The van der Waals surface area contributed by atoms with Gasteiger partial charge < -0.3 is 9.26 Å². The number of hydrogen-bond donors (Lipinski definition) is 0. The highest BCUT2D eigenvalue weighted by atomic mass is 19.3. The van der Waals surface area contributed by atoms with Crippen LogP contribution in [0.1, 0.15) is 31.7 Å². The fourth-order valence-corrected chi connectivity index (χ4v) is 1.06. The number of nitrogens with zero attached hydrogens (tertiary/aromatic N) is 2. The Labute approximate surface area is 90.8 Å². The lowest BCUT2D eigenvalue weighted by atomic mass is 10.3. The van der Waals surface area contributed by atoms with Gasteiger partial charge in [-0.15, -0.1) is 0 Å². The molecule has 0 spiro atoms. The van der Waals surface area contributed by atoms with Gasteiger partial charge in [-0.2, -0.15) is 4.98 Å². The van der Waals surface area contributed by atoms with Crippen molar-refractivity contribution in [3.05, 3.63) is 11.7 Å². The Morgan fingerprint density at radius 3 is 2.81 bits per heavy atom. The molecule has 0 fully saturated rings. The lowest BCUT2D eigenvalue weighted by molar-refractivity contribution is -0.129. The van der Waals surface area contributed by atoms with Gasteiger partial charge in [0.1, 0.15) is 6.10 Å². The molecule has 0 aliphatic carbocycles. The number of alkyl halides is 2. The van der Waals surface area contributed by atoms with Crippen molar-refractivity contribution in [1.29, 1.82) is 0 Å². The molecule has 0 aliphatic heterocycles. The number of aromatic nitrogens is 2. The number of carbonyl (C=O) groups is 1. The fraction of sp³-hybridized carbons (Fsp3) is 0.667. The van der Waals surface area contributed by atoms with Gasteiger partial charge >= 0.3 is 0 Å². The van der Waals surface area contributed by atoms with E-state index < -0.39 is 18.6 Å². The van der Waals surface area contributed by atoms with E-state index in [0.29, 0.717) is 6.61 Å². The Hall–Kier alpha value is -1.37. The first-order chi connectivity index (χ1) is 7.54. The Balaban J connectivity index is 2.61. The second kappa shape index (κ2) is 5.64. The summed E-state index contributed by atoms with van der Waals surface area (Å²) in [6, 6.07) is 0. The van der Waals surface area contributed by atoms with Crippen molar-refractivity contribution in [3.63, 3.8) is 0 Å². The summed E-state index contributed by atoms with van der Waals surface area (Å²) >= 11 is 0. The van der Waals surface area contributed by atoms with Gasteiger partial charge in [0.25, 0.3) is 6.43 Å². The number of hydrogen-bond acceptors (Lipinski definition) is 5. The molecule has 1 aromatic heterocycles. The molecule has 1 atom stereocenters. The first-order valence-electron chi connectivity index (χ1n) is 4.79. The van der Waals surface area contributed by atoms with Crippen LogP contribution in [-0.2, 0) is 16.0 Å². The number of ether oxygens (including phenoxy) is 1. The van der Waals surface area contributed by atoms with Crippen LogP contribution in [-0.4, -0.2) is 29.0 Å². The lowest BCUT2D eigenvalue weighted by Gasteiger charge is -2.04. The van der Waals surface area contributed by atoms with E-state index in [0.717, 1.165) is 0 Å². The topological polar surface area (TPSA) is 65.2 Å². The van der Waals surface area contributed by atoms with Crippen molar-refractivity contribution in [3.8, 4) is 0 Å². The molecule has 0 radical (unpaired) electrons. The number of ketones is 1. The maximum absolute atomic E-state index is 11.9. The summed E-state index contributed by atoms with van der Waals surface area (Å²) in [6.45, 7) is 3.98. The normalized spacial score (nSPS) is 13.1. The summed E-state index contributed by atoms with van der Waals surface area (Å²) < 4.78 is 33.7. The highest BCUT2D eigenvalue weighted by Gasteiger charge is 2.20. The highest BCUT2D eigenvalue weighted by molar-refractivity contribution is 5.82. The average Bonchev–Trinajstić information content (AvgIpc) is 2.66. The van der Waals surface area contributed by atoms with Gasteiger partial charge in [-0.25, -0.2) is 8.78 Å². The molecule has 1 heterocycles. The van der Waals surface area contributed by atoms with Crippen molar-refractivity contribution in [1.82, 2.24) is 10.1 Å². The Kier molecular flexibility index (Phi) is 4.48. The largest absolute Gasteiger partial charge is 0.371 e. The van der Waals surface area contributed by atoms with Crippen LogP contribution in [0.2, 0.25) is 0 Å². The van der Waals surface area contributed by atoms with Crippen LogP contribution < -0.4 is 0 Å². The summed E-state index contributed by atoms with van der Waals surface area (Å²) in [4.78, 5) is 14.5. The van der Waals surface area contributed by atoms with Crippen molar-refractivity contribution in [2.24, 2.45) is 0 Å². The first kappa shape index (κ1) is 12.7. The third-order valence-corrected chi connectivity index (χ3v) is 1.83. The molecular weight excluding hydrogens is 222 g/mol. The predicted molar refractivity (Wildman–Crippen MR) is 49.1 cm³/mol. The summed E-state index contributed by atoms with van der Waals surface area (Å²) in [7, 11) is 0. The van der Waals surface area contributed by atoms with E-state index >= 15 is 0 Å².